The van der Waals surface area contributed by atoms with Crippen molar-refractivity contribution in [3.05, 3.63) is 113 Å². The number of benzene rings is 2. The van der Waals surface area contributed by atoms with E-state index in [1.807, 2.05) is 69.8 Å². The highest BCUT2D eigenvalue weighted by molar-refractivity contribution is 8.02. The Morgan fingerprint density at radius 3 is 1.39 bits per heavy atom. The molecule has 44 heavy (non-hydrogen) atoms. The molecule has 6 rings (SSSR count). The molecular formula is C30H30N8O4S2. The minimum absolute atomic E-state index is 0.338. The van der Waals surface area contributed by atoms with Crippen LogP contribution in [0.5, 0.6) is 0 Å². The molecule has 0 atom stereocenters. The molecule has 0 aliphatic rings. The Morgan fingerprint density at radius 1 is 0.614 bits per heavy atom. The van der Waals surface area contributed by atoms with E-state index in [1.54, 1.807) is 14.1 Å². The molecule has 4 aromatic heterocycles. The Kier molecular flexibility index (Phi) is 8.44. The Morgan fingerprint density at radius 2 is 1.00 bits per heavy atom. The molecule has 2 aromatic carbocycles. The predicted octanol–water partition coefficient (Wildman–Crippen LogP) is 2.53. The van der Waals surface area contributed by atoms with Crippen LogP contribution in [0.25, 0.3) is 22.3 Å². The SMILES string of the molecule is Cn1c(=O)[nH]c(=O)c2c1nc(SCCSc1nc3c(c(=O)[nH]c(=O)n3C)n1CCc1ccccc1)n2CCc1ccccc1. The van der Waals surface area contributed by atoms with Gasteiger partial charge in [0.2, 0.25) is 0 Å². The predicted molar refractivity (Wildman–Crippen MR) is 173 cm³/mol. The summed E-state index contributed by atoms with van der Waals surface area (Å²) in [5.41, 5.74) is 1.70. The number of hydrogen-bond acceptors (Lipinski definition) is 8. The van der Waals surface area contributed by atoms with Gasteiger partial charge in [-0.15, -0.1) is 0 Å². The number of rotatable bonds is 11. The highest BCUT2D eigenvalue weighted by atomic mass is 32.2. The Labute approximate surface area is 258 Å². The van der Waals surface area contributed by atoms with E-state index in [-0.39, 0.29) is 0 Å². The third-order valence-corrected chi connectivity index (χ3v) is 9.64. The van der Waals surface area contributed by atoms with Crippen molar-refractivity contribution in [2.45, 2.75) is 36.2 Å². The number of aromatic amines is 2. The van der Waals surface area contributed by atoms with E-state index in [1.165, 1.54) is 32.7 Å². The molecule has 2 N–H and O–H groups in total. The normalized spacial score (nSPS) is 11.6. The van der Waals surface area contributed by atoms with Crippen molar-refractivity contribution in [2.24, 2.45) is 14.1 Å². The molecule has 0 fully saturated rings. The van der Waals surface area contributed by atoms with E-state index in [2.05, 4.69) is 9.97 Å². The largest absolute Gasteiger partial charge is 0.329 e. The summed E-state index contributed by atoms with van der Waals surface area (Å²) in [6.45, 7) is 1.03. The summed E-state index contributed by atoms with van der Waals surface area (Å²) in [5.74, 6) is 1.23. The van der Waals surface area contributed by atoms with Gasteiger partial charge >= 0.3 is 11.4 Å². The van der Waals surface area contributed by atoms with Crippen LogP contribution >= 0.6 is 23.5 Å². The molecule has 0 saturated heterocycles. The molecule has 0 aliphatic carbocycles. The highest BCUT2D eigenvalue weighted by Gasteiger charge is 2.20. The molecule has 4 heterocycles. The molecular weight excluding hydrogens is 601 g/mol. The lowest BCUT2D eigenvalue weighted by Gasteiger charge is -2.10. The summed E-state index contributed by atoms with van der Waals surface area (Å²) in [5, 5.41) is 1.28. The van der Waals surface area contributed by atoms with Gasteiger partial charge in [-0.05, 0) is 24.0 Å². The van der Waals surface area contributed by atoms with Crippen molar-refractivity contribution in [1.82, 2.24) is 38.2 Å². The zero-order chi connectivity index (χ0) is 30.8. The Bertz CT molecular complexity index is 2040. The molecule has 0 bridgehead atoms. The van der Waals surface area contributed by atoms with Gasteiger partial charge in [0, 0.05) is 38.7 Å². The minimum Gasteiger partial charge on any atom is -0.313 e. The van der Waals surface area contributed by atoms with Gasteiger partial charge in [-0.25, -0.2) is 19.6 Å². The van der Waals surface area contributed by atoms with Crippen LogP contribution in [-0.4, -0.2) is 49.7 Å². The Balaban J connectivity index is 1.26. The molecule has 0 radical (unpaired) electrons. The third-order valence-electron chi connectivity index (χ3n) is 7.42. The number of nitrogens with one attached hydrogen (secondary N) is 2. The Hall–Kier alpha value is -4.56. The standard InChI is InChI=1S/C30H30N8O4S2/c1-35-23-21(25(39)33-27(35)41)37(15-13-19-9-5-3-6-10-19)29(31-23)43-17-18-44-30-32-24-22(26(40)34-28(42)36(24)2)38(30)16-14-20-11-7-4-8-12-20/h3-12H,13-18H2,1-2H3,(H,33,39,41)(H,34,40,42). The average molecular weight is 631 g/mol. The molecule has 0 unspecified atom stereocenters. The number of H-pyrrole nitrogens is 2. The number of fused-ring (bicyclic) bond motifs is 2. The van der Waals surface area contributed by atoms with Gasteiger partial charge in [-0.3, -0.25) is 28.7 Å². The lowest BCUT2D eigenvalue weighted by atomic mass is 10.1. The maximum absolute atomic E-state index is 12.9. The molecule has 0 spiro atoms. The van der Waals surface area contributed by atoms with Gasteiger partial charge in [-0.1, -0.05) is 84.2 Å². The number of hydrogen-bond donors (Lipinski definition) is 2. The van der Waals surface area contributed by atoms with E-state index in [0.29, 0.717) is 70.1 Å². The average Bonchev–Trinajstić information content (AvgIpc) is 3.59. The molecule has 0 saturated carbocycles. The van der Waals surface area contributed by atoms with Gasteiger partial charge in [-0.2, -0.15) is 0 Å². The van der Waals surface area contributed by atoms with Gasteiger partial charge in [0.15, 0.2) is 32.6 Å². The van der Waals surface area contributed by atoms with Gasteiger partial charge in [0.1, 0.15) is 0 Å². The highest BCUT2D eigenvalue weighted by Crippen LogP contribution is 2.27. The number of imidazole rings is 2. The molecule has 6 aromatic rings. The van der Waals surface area contributed by atoms with Crippen LogP contribution in [0.4, 0.5) is 0 Å². The fourth-order valence-electron chi connectivity index (χ4n) is 5.10. The fraction of sp³-hybridized carbons (Fsp3) is 0.267. The first-order valence-corrected chi connectivity index (χ1v) is 16.0. The van der Waals surface area contributed by atoms with Crippen LogP contribution in [0.2, 0.25) is 0 Å². The van der Waals surface area contributed by atoms with Gasteiger partial charge in [0.05, 0.1) is 0 Å². The maximum Gasteiger partial charge on any atom is 0.329 e. The first kappa shape index (κ1) is 29.5. The minimum atomic E-state index is -0.513. The zero-order valence-electron chi connectivity index (χ0n) is 24.1. The van der Waals surface area contributed by atoms with E-state index in [4.69, 9.17) is 9.97 Å². The lowest BCUT2D eigenvalue weighted by molar-refractivity contribution is 0.649. The number of aromatic nitrogens is 8. The topological polar surface area (TPSA) is 145 Å². The van der Waals surface area contributed by atoms with E-state index in [9.17, 15) is 19.2 Å². The smallest absolute Gasteiger partial charge is 0.313 e. The second-order valence-corrected chi connectivity index (χ2v) is 12.4. The summed E-state index contributed by atoms with van der Waals surface area (Å²) in [6, 6.07) is 20.0. The second kappa shape index (κ2) is 12.6. The summed E-state index contributed by atoms with van der Waals surface area (Å²) >= 11 is 2.97. The zero-order valence-corrected chi connectivity index (χ0v) is 25.8. The molecule has 0 amide bonds. The van der Waals surface area contributed by atoms with Crippen molar-refractivity contribution < 1.29 is 0 Å². The van der Waals surface area contributed by atoms with Crippen LogP contribution in [-0.2, 0) is 40.0 Å². The van der Waals surface area contributed by atoms with Crippen molar-refractivity contribution in [2.75, 3.05) is 11.5 Å². The number of aryl methyl sites for hydroxylation is 6. The maximum atomic E-state index is 12.9. The first-order chi connectivity index (χ1) is 21.3. The van der Waals surface area contributed by atoms with Crippen molar-refractivity contribution in [3.8, 4) is 0 Å². The van der Waals surface area contributed by atoms with Crippen LogP contribution in [0.15, 0.2) is 90.2 Å². The number of thioether (sulfide) groups is 2. The van der Waals surface area contributed by atoms with Gasteiger partial charge in [0.25, 0.3) is 11.1 Å². The van der Waals surface area contributed by atoms with E-state index >= 15 is 0 Å². The monoisotopic (exact) mass is 630 g/mol. The summed E-state index contributed by atoms with van der Waals surface area (Å²) in [6.07, 6.45) is 1.38. The molecule has 14 heteroatoms. The number of nitrogens with zero attached hydrogens (tertiary/aromatic N) is 6. The first-order valence-electron chi connectivity index (χ1n) is 14.0. The summed E-state index contributed by atoms with van der Waals surface area (Å²) in [4.78, 5) is 64.5. The third kappa shape index (κ3) is 5.82. The van der Waals surface area contributed by atoms with E-state index in [0.717, 1.165) is 11.1 Å². The van der Waals surface area contributed by atoms with Crippen molar-refractivity contribution in [1.29, 1.82) is 0 Å². The van der Waals surface area contributed by atoms with Gasteiger partial charge < -0.3 is 9.13 Å². The van der Waals surface area contributed by atoms with Crippen LogP contribution in [0.3, 0.4) is 0 Å². The summed E-state index contributed by atoms with van der Waals surface area (Å²) < 4.78 is 6.46. The quantitative estimate of drug-likeness (QED) is 0.164. The van der Waals surface area contributed by atoms with E-state index < -0.39 is 22.5 Å². The molecule has 12 nitrogen and oxygen atoms in total. The fourth-order valence-corrected chi connectivity index (χ4v) is 7.11. The van der Waals surface area contributed by atoms with Crippen LogP contribution < -0.4 is 22.5 Å². The second-order valence-electron chi connectivity index (χ2n) is 10.2. The lowest BCUT2D eigenvalue weighted by Crippen LogP contribution is -2.29. The molecule has 226 valence electrons. The molecule has 0 aliphatic heterocycles. The van der Waals surface area contributed by atoms with Crippen molar-refractivity contribution >= 4 is 45.9 Å². The van der Waals surface area contributed by atoms with Crippen LogP contribution in [0, 0.1) is 0 Å². The van der Waals surface area contributed by atoms with Crippen LogP contribution in [0.1, 0.15) is 11.1 Å². The van der Waals surface area contributed by atoms with Crippen molar-refractivity contribution in [3.63, 3.8) is 0 Å². The summed E-state index contributed by atoms with van der Waals surface area (Å²) in [7, 11) is 3.18.